The predicted molar refractivity (Wildman–Crippen MR) is 84.2 cm³/mol. The standard InChI is InChI=1S/C17H22N2O/c1-2-20-17-10-6-7-15(13-17)14-18-11-12-19-16-8-4-3-5-9-16/h3-10,13,18-19H,2,11-12,14H2,1H3. The molecule has 0 amide bonds. The van der Waals surface area contributed by atoms with Crippen LogP contribution in [0.25, 0.3) is 0 Å². The average molecular weight is 270 g/mol. The van der Waals surface area contributed by atoms with Crippen LogP contribution in [0.2, 0.25) is 0 Å². The van der Waals surface area contributed by atoms with E-state index in [1.54, 1.807) is 0 Å². The van der Waals surface area contributed by atoms with E-state index in [-0.39, 0.29) is 0 Å². The van der Waals surface area contributed by atoms with Gasteiger partial charge in [0, 0.05) is 25.3 Å². The highest BCUT2D eigenvalue weighted by molar-refractivity contribution is 5.42. The molecule has 2 aromatic carbocycles. The van der Waals surface area contributed by atoms with Gasteiger partial charge in [-0.3, -0.25) is 0 Å². The molecule has 0 fully saturated rings. The number of nitrogens with one attached hydrogen (secondary N) is 2. The number of ether oxygens (including phenoxy) is 1. The highest BCUT2D eigenvalue weighted by atomic mass is 16.5. The molecule has 3 heteroatoms. The molecule has 0 radical (unpaired) electrons. The summed E-state index contributed by atoms with van der Waals surface area (Å²) in [7, 11) is 0. The number of benzene rings is 2. The zero-order valence-electron chi connectivity index (χ0n) is 11.9. The molecule has 0 heterocycles. The third kappa shape index (κ3) is 4.94. The number of anilines is 1. The lowest BCUT2D eigenvalue weighted by atomic mass is 10.2. The smallest absolute Gasteiger partial charge is 0.119 e. The Bertz CT molecular complexity index is 499. The summed E-state index contributed by atoms with van der Waals surface area (Å²) in [6, 6.07) is 18.5. The third-order valence-corrected chi connectivity index (χ3v) is 2.94. The van der Waals surface area contributed by atoms with Gasteiger partial charge < -0.3 is 15.4 Å². The van der Waals surface area contributed by atoms with Gasteiger partial charge in [0.2, 0.25) is 0 Å². The summed E-state index contributed by atoms with van der Waals surface area (Å²) in [6.45, 7) is 5.40. The first-order chi connectivity index (χ1) is 9.88. The van der Waals surface area contributed by atoms with Crippen molar-refractivity contribution in [3.8, 4) is 5.75 Å². The maximum Gasteiger partial charge on any atom is 0.119 e. The van der Waals surface area contributed by atoms with E-state index in [0.717, 1.165) is 31.1 Å². The summed E-state index contributed by atoms with van der Waals surface area (Å²) < 4.78 is 5.49. The van der Waals surface area contributed by atoms with Crippen molar-refractivity contribution in [2.24, 2.45) is 0 Å². The normalized spacial score (nSPS) is 10.2. The van der Waals surface area contributed by atoms with Crippen LogP contribution in [0.15, 0.2) is 54.6 Å². The molecule has 0 aliphatic heterocycles. The van der Waals surface area contributed by atoms with Crippen LogP contribution < -0.4 is 15.4 Å². The number of rotatable bonds is 8. The zero-order chi connectivity index (χ0) is 14.0. The molecule has 0 spiro atoms. The lowest BCUT2D eigenvalue weighted by Gasteiger charge is -2.09. The zero-order valence-corrected chi connectivity index (χ0v) is 11.9. The molecule has 0 bridgehead atoms. The lowest BCUT2D eigenvalue weighted by molar-refractivity contribution is 0.340. The first kappa shape index (κ1) is 14.4. The summed E-state index contributed by atoms with van der Waals surface area (Å²) >= 11 is 0. The van der Waals surface area contributed by atoms with E-state index >= 15 is 0 Å². The highest BCUT2D eigenvalue weighted by Gasteiger charge is 1.96. The second-order valence-corrected chi connectivity index (χ2v) is 4.55. The van der Waals surface area contributed by atoms with E-state index in [9.17, 15) is 0 Å². The third-order valence-electron chi connectivity index (χ3n) is 2.94. The van der Waals surface area contributed by atoms with Crippen LogP contribution >= 0.6 is 0 Å². The van der Waals surface area contributed by atoms with Gasteiger partial charge in [0.15, 0.2) is 0 Å². The van der Waals surface area contributed by atoms with Gasteiger partial charge in [0.25, 0.3) is 0 Å². The van der Waals surface area contributed by atoms with E-state index in [1.807, 2.05) is 37.3 Å². The van der Waals surface area contributed by atoms with E-state index in [0.29, 0.717) is 6.61 Å². The number of hydrogen-bond donors (Lipinski definition) is 2. The Morgan fingerprint density at radius 2 is 1.80 bits per heavy atom. The Hall–Kier alpha value is -2.00. The van der Waals surface area contributed by atoms with Crippen LogP contribution in [0, 0.1) is 0 Å². The minimum Gasteiger partial charge on any atom is -0.494 e. The highest BCUT2D eigenvalue weighted by Crippen LogP contribution is 2.12. The van der Waals surface area contributed by atoms with Crippen LogP contribution in [-0.4, -0.2) is 19.7 Å². The second-order valence-electron chi connectivity index (χ2n) is 4.55. The Morgan fingerprint density at radius 3 is 2.60 bits per heavy atom. The van der Waals surface area contributed by atoms with Gasteiger partial charge in [0.05, 0.1) is 6.61 Å². The average Bonchev–Trinajstić information content (AvgIpc) is 2.49. The SMILES string of the molecule is CCOc1cccc(CNCCNc2ccccc2)c1. The molecule has 2 N–H and O–H groups in total. The van der Waals surface area contributed by atoms with Crippen molar-refractivity contribution in [2.75, 3.05) is 25.0 Å². The Labute approximate surface area is 121 Å². The molecular formula is C17H22N2O. The van der Waals surface area contributed by atoms with Crippen molar-refractivity contribution in [1.82, 2.24) is 5.32 Å². The second kappa shape index (κ2) is 8.23. The summed E-state index contributed by atoms with van der Waals surface area (Å²) in [5.74, 6) is 0.939. The largest absolute Gasteiger partial charge is 0.494 e. The summed E-state index contributed by atoms with van der Waals surface area (Å²) in [6.07, 6.45) is 0. The fourth-order valence-electron chi connectivity index (χ4n) is 2.00. The Balaban J connectivity index is 1.67. The molecule has 0 aliphatic carbocycles. The van der Waals surface area contributed by atoms with Crippen LogP contribution in [0.3, 0.4) is 0 Å². The molecule has 0 saturated heterocycles. The van der Waals surface area contributed by atoms with Gasteiger partial charge in [-0.1, -0.05) is 30.3 Å². The fourth-order valence-corrected chi connectivity index (χ4v) is 2.00. The van der Waals surface area contributed by atoms with Crippen molar-refractivity contribution < 1.29 is 4.74 Å². The number of hydrogen-bond acceptors (Lipinski definition) is 3. The maximum absolute atomic E-state index is 5.49. The quantitative estimate of drug-likeness (QED) is 0.722. The monoisotopic (exact) mass is 270 g/mol. The summed E-state index contributed by atoms with van der Waals surface area (Å²) in [5.41, 5.74) is 2.41. The molecule has 0 aliphatic rings. The van der Waals surface area contributed by atoms with Crippen molar-refractivity contribution in [3.05, 3.63) is 60.2 Å². The predicted octanol–water partition coefficient (Wildman–Crippen LogP) is 3.29. The van der Waals surface area contributed by atoms with Crippen LogP contribution in [0.1, 0.15) is 12.5 Å². The van der Waals surface area contributed by atoms with E-state index < -0.39 is 0 Å². The maximum atomic E-state index is 5.49. The van der Waals surface area contributed by atoms with E-state index in [4.69, 9.17) is 4.74 Å². The minimum atomic E-state index is 0.706. The van der Waals surface area contributed by atoms with Gasteiger partial charge in [-0.2, -0.15) is 0 Å². The van der Waals surface area contributed by atoms with Gasteiger partial charge in [-0.25, -0.2) is 0 Å². The molecular weight excluding hydrogens is 248 g/mol. The topological polar surface area (TPSA) is 33.3 Å². The minimum absolute atomic E-state index is 0.706. The van der Waals surface area contributed by atoms with Gasteiger partial charge in [0.1, 0.15) is 5.75 Å². The number of para-hydroxylation sites is 1. The van der Waals surface area contributed by atoms with Crippen molar-refractivity contribution in [3.63, 3.8) is 0 Å². The van der Waals surface area contributed by atoms with Gasteiger partial charge in [-0.15, -0.1) is 0 Å². The molecule has 0 aromatic heterocycles. The van der Waals surface area contributed by atoms with Crippen molar-refractivity contribution in [2.45, 2.75) is 13.5 Å². The Morgan fingerprint density at radius 1 is 0.950 bits per heavy atom. The molecule has 0 unspecified atom stereocenters. The molecule has 106 valence electrons. The van der Waals surface area contributed by atoms with E-state index in [2.05, 4.69) is 34.9 Å². The molecule has 2 aromatic rings. The van der Waals surface area contributed by atoms with Crippen molar-refractivity contribution in [1.29, 1.82) is 0 Å². The molecule has 2 rings (SSSR count). The molecule has 0 saturated carbocycles. The first-order valence-electron chi connectivity index (χ1n) is 7.10. The fraction of sp³-hybridized carbons (Fsp3) is 0.294. The van der Waals surface area contributed by atoms with Crippen LogP contribution in [-0.2, 0) is 6.54 Å². The van der Waals surface area contributed by atoms with Crippen molar-refractivity contribution >= 4 is 5.69 Å². The summed E-state index contributed by atoms with van der Waals surface area (Å²) in [5, 5.41) is 6.80. The van der Waals surface area contributed by atoms with Gasteiger partial charge in [-0.05, 0) is 36.8 Å². The molecule has 3 nitrogen and oxygen atoms in total. The van der Waals surface area contributed by atoms with Crippen LogP contribution in [0.5, 0.6) is 5.75 Å². The van der Waals surface area contributed by atoms with Crippen LogP contribution in [0.4, 0.5) is 5.69 Å². The first-order valence-corrected chi connectivity index (χ1v) is 7.10. The molecule has 0 atom stereocenters. The Kier molecular flexibility index (Phi) is 5.93. The van der Waals surface area contributed by atoms with Gasteiger partial charge >= 0.3 is 0 Å². The lowest BCUT2D eigenvalue weighted by Crippen LogP contribution is -2.21. The molecule has 20 heavy (non-hydrogen) atoms. The summed E-state index contributed by atoms with van der Waals surface area (Å²) in [4.78, 5) is 0. The van der Waals surface area contributed by atoms with E-state index in [1.165, 1.54) is 5.56 Å².